The number of fused-ring (bicyclic) bond motifs is 1. The van der Waals surface area contributed by atoms with Crippen LogP contribution >= 0.6 is 11.3 Å². The summed E-state index contributed by atoms with van der Waals surface area (Å²) < 4.78 is 0. The van der Waals surface area contributed by atoms with E-state index < -0.39 is 0 Å². The molecule has 17 heavy (non-hydrogen) atoms. The second-order valence-electron chi connectivity index (χ2n) is 5.46. The number of aliphatic hydroxyl groups excluding tert-OH is 1. The number of thiophene rings is 1. The molecule has 0 bridgehead atoms. The SMILES string of the molecule is OCC1CN(Cc2cc3c(s2)CCCCC3)C1. The third kappa shape index (κ3) is 2.56. The summed E-state index contributed by atoms with van der Waals surface area (Å²) in [5, 5.41) is 9.01. The van der Waals surface area contributed by atoms with E-state index in [1.807, 2.05) is 11.3 Å². The van der Waals surface area contributed by atoms with Crippen molar-refractivity contribution >= 4 is 11.3 Å². The Kier molecular flexibility index (Phi) is 3.50. The highest BCUT2D eigenvalue weighted by Gasteiger charge is 2.26. The first kappa shape index (κ1) is 11.7. The maximum Gasteiger partial charge on any atom is 0.0483 e. The van der Waals surface area contributed by atoms with Crippen molar-refractivity contribution in [3.8, 4) is 0 Å². The highest BCUT2D eigenvalue weighted by atomic mass is 32.1. The van der Waals surface area contributed by atoms with Crippen molar-refractivity contribution in [1.82, 2.24) is 4.90 Å². The van der Waals surface area contributed by atoms with Crippen LogP contribution in [0, 0.1) is 5.92 Å². The van der Waals surface area contributed by atoms with E-state index in [0.29, 0.717) is 12.5 Å². The van der Waals surface area contributed by atoms with Crippen LogP contribution in [0.15, 0.2) is 6.07 Å². The van der Waals surface area contributed by atoms with Crippen LogP contribution < -0.4 is 0 Å². The molecule has 0 saturated carbocycles. The van der Waals surface area contributed by atoms with Crippen molar-refractivity contribution in [1.29, 1.82) is 0 Å². The molecule has 1 fully saturated rings. The maximum atomic E-state index is 9.01. The predicted octanol–water partition coefficient (Wildman–Crippen LogP) is 2.44. The molecule has 1 N–H and O–H groups in total. The zero-order chi connectivity index (χ0) is 11.7. The molecule has 1 aliphatic heterocycles. The summed E-state index contributed by atoms with van der Waals surface area (Å²) in [5.41, 5.74) is 1.63. The smallest absolute Gasteiger partial charge is 0.0483 e. The molecule has 1 aliphatic carbocycles. The summed E-state index contributed by atoms with van der Waals surface area (Å²) >= 11 is 2.03. The lowest BCUT2D eigenvalue weighted by Crippen LogP contribution is -2.47. The van der Waals surface area contributed by atoms with Crippen molar-refractivity contribution in [2.24, 2.45) is 5.92 Å². The van der Waals surface area contributed by atoms with Gasteiger partial charge in [0.05, 0.1) is 0 Å². The third-order valence-corrected chi connectivity index (χ3v) is 5.19. The average molecular weight is 251 g/mol. The molecule has 0 atom stereocenters. The zero-order valence-corrected chi connectivity index (χ0v) is 11.1. The van der Waals surface area contributed by atoms with Crippen LogP contribution in [0.3, 0.4) is 0 Å². The summed E-state index contributed by atoms with van der Waals surface area (Å²) in [6.45, 7) is 3.63. The van der Waals surface area contributed by atoms with Gasteiger partial charge in [-0.1, -0.05) is 6.42 Å². The lowest BCUT2D eigenvalue weighted by Gasteiger charge is -2.37. The molecule has 0 spiro atoms. The first-order chi connectivity index (χ1) is 8.35. The van der Waals surface area contributed by atoms with Gasteiger partial charge in [0.1, 0.15) is 0 Å². The number of aryl methyl sites for hydroxylation is 2. The highest BCUT2D eigenvalue weighted by Crippen LogP contribution is 2.30. The monoisotopic (exact) mass is 251 g/mol. The van der Waals surface area contributed by atoms with Crippen LogP contribution in [0.1, 0.15) is 34.6 Å². The van der Waals surface area contributed by atoms with Gasteiger partial charge in [-0.3, -0.25) is 4.90 Å². The van der Waals surface area contributed by atoms with E-state index in [-0.39, 0.29) is 0 Å². The summed E-state index contributed by atoms with van der Waals surface area (Å²) in [6.07, 6.45) is 6.76. The van der Waals surface area contributed by atoms with E-state index >= 15 is 0 Å². The zero-order valence-electron chi connectivity index (χ0n) is 10.3. The minimum atomic E-state index is 0.359. The summed E-state index contributed by atoms with van der Waals surface area (Å²) in [6, 6.07) is 2.44. The topological polar surface area (TPSA) is 23.5 Å². The van der Waals surface area contributed by atoms with Gasteiger partial charge in [-0.05, 0) is 37.3 Å². The molecule has 0 amide bonds. The lowest BCUT2D eigenvalue weighted by molar-refractivity contribution is 0.0487. The minimum Gasteiger partial charge on any atom is -0.396 e. The molecule has 1 aromatic rings. The molecule has 3 rings (SSSR count). The molecule has 2 nitrogen and oxygen atoms in total. The van der Waals surface area contributed by atoms with Crippen LogP contribution in [-0.2, 0) is 19.4 Å². The molecular formula is C14H21NOS. The quantitative estimate of drug-likeness (QED) is 0.834. The number of likely N-dealkylation sites (tertiary alicyclic amines) is 1. The average Bonchev–Trinajstić information content (AvgIpc) is 2.53. The Morgan fingerprint density at radius 1 is 1.24 bits per heavy atom. The number of rotatable bonds is 3. The van der Waals surface area contributed by atoms with E-state index in [0.717, 1.165) is 19.6 Å². The summed E-state index contributed by atoms with van der Waals surface area (Å²) in [7, 11) is 0. The Morgan fingerprint density at radius 3 is 2.88 bits per heavy atom. The van der Waals surface area contributed by atoms with E-state index in [1.54, 1.807) is 10.4 Å². The normalized spacial score (nSPS) is 21.9. The summed E-state index contributed by atoms with van der Waals surface area (Å²) in [4.78, 5) is 5.64. The van der Waals surface area contributed by atoms with E-state index in [9.17, 15) is 0 Å². The Labute approximate surface area is 107 Å². The molecule has 3 heteroatoms. The van der Waals surface area contributed by atoms with Crippen molar-refractivity contribution in [3.05, 3.63) is 21.4 Å². The largest absolute Gasteiger partial charge is 0.396 e. The summed E-state index contributed by atoms with van der Waals surface area (Å²) in [5.74, 6) is 0.535. The van der Waals surface area contributed by atoms with Crippen LogP contribution in [0.4, 0.5) is 0 Å². The molecule has 0 aromatic carbocycles. The van der Waals surface area contributed by atoms with Gasteiger partial charge in [-0.15, -0.1) is 11.3 Å². The van der Waals surface area contributed by atoms with Gasteiger partial charge in [0, 0.05) is 41.9 Å². The van der Waals surface area contributed by atoms with E-state index in [4.69, 9.17) is 5.11 Å². The van der Waals surface area contributed by atoms with Gasteiger partial charge in [0.2, 0.25) is 0 Å². The lowest BCUT2D eigenvalue weighted by atomic mass is 10.0. The first-order valence-corrected chi connectivity index (χ1v) is 7.60. The van der Waals surface area contributed by atoms with Crippen molar-refractivity contribution in [3.63, 3.8) is 0 Å². The minimum absolute atomic E-state index is 0.359. The fourth-order valence-corrected chi connectivity index (χ4v) is 4.25. The molecule has 2 heterocycles. The van der Waals surface area contributed by atoms with E-state index in [2.05, 4.69) is 11.0 Å². The second kappa shape index (κ2) is 5.09. The first-order valence-electron chi connectivity index (χ1n) is 6.79. The van der Waals surface area contributed by atoms with Crippen LogP contribution in [-0.4, -0.2) is 29.7 Å². The highest BCUT2D eigenvalue weighted by molar-refractivity contribution is 7.12. The van der Waals surface area contributed by atoms with Crippen LogP contribution in [0.25, 0.3) is 0 Å². The fraction of sp³-hybridized carbons (Fsp3) is 0.714. The Morgan fingerprint density at radius 2 is 2.06 bits per heavy atom. The molecule has 1 aromatic heterocycles. The standard InChI is InChI=1S/C14H21NOS/c16-10-11-7-15(8-11)9-13-6-12-4-2-1-3-5-14(12)17-13/h6,11,16H,1-5,7-10H2. The van der Waals surface area contributed by atoms with Gasteiger partial charge < -0.3 is 5.11 Å². The molecule has 1 saturated heterocycles. The van der Waals surface area contributed by atoms with Gasteiger partial charge in [0.25, 0.3) is 0 Å². The van der Waals surface area contributed by atoms with Gasteiger partial charge in [-0.2, -0.15) is 0 Å². The maximum absolute atomic E-state index is 9.01. The van der Waals surface area contributed by atoms with Gasteiger partial charge in [0.15, 0.2) is 0 Å². The second-order valence-corrected chi connectivity index (χ2v) is 6.69. The number of nitrogens with zero attached hydrogens (tertiary/aromatic N) is 1. The number of aliphatic hydroxyl groups is 1. The van der Waals surface area contributed by atoms with Crippen LogP contribution in [0.5, 0.6) is 0 Å². The molecule has 94 valence electrons. The molecular weight excluding hydrogens is 230 g/mol. The fourth-order valence-electron chi connectivity index (χ4n) is 2.95. The van der Waals surface area contributed by atoms with Crippen molar-refractivity contribution in [2.75, 3.05) is 19.7 Å². The number of hydrogen-bond donors (Lipinski definition) is 1. The Bertz CT molecular complexity index is 358. The third-order valence-electron chi connectivity index (χ3n) is 3.97. The van der Waals surface area contributed by atoms with Crippen molar-refractivity contribution in [2.45, 2.75) is 38.6 Å². The molecule has 0 unspecified atom stereocenters. The molecule has 0 radical (unpaired) electrons. The predicted molar refractivity (Wildman–Crippen MR) is 71.4 cm³/mol. The Hall–Kier alpha value is -0.380. The van der Waals surface area contributed by atoms with E-state index in [1.165, 1.54) is 37.0 Å². The van der Waals surface area contributed by atoms with Crippen molar-refractivity contribution < 1.29 is 5.11 Å². The van der Waals surface area contributed by atoms with Gasteiger partial charge >= 0.3 is 0 Å². The Balaban J connectivity index is 1.61. The van der Waals surface area contributed by atoms with Crippen LogP contribution in [0.2, 0.25) is 0 Å². The van der Waals surface area contributed by atoms with Gasteiger partial charge in [-0.25, -0.2) is 0 Å². The number of hydrogen-bond acceptors (Lipinski definition) is 3. The molecule has 2 aliphatic rings.